The molecule has 2 aromatic rings. The average Bonchev–Trinajstić information content (AvgIpc) is 2.42. The lowest BCUT2D eigenvalue weighted by molar-refractivity contribution is 0.288. The predicted octanol–water partition coefficient (Wildman–Crippen LogP) is 3.13. The molecular weight excluding hydrogens is 240 g/mol. The van der Waals surface area contributed by atoms with E-state index in [0.717, 1.165) is 17.0 Å². The van der Waals surface area contributed by atoms with Crippen molar-refractivity contribution >= 4 is 5.69 Å². The summed E-state index contributed by atoms with van der Waals surface area (Å²) in [5, 5.41) is 0. The average molecular weight is 258 g/mol. The minimum atomic E-state index is 0.585. The third-order valence-corrected chi connectivity index (χ3v) is 2.66. The SMILES string of the molecule is CCOc1ccc(-c2ncccc2N)cc1OCC. The van der Waals surface area contributed by atoms with Crippen molar-refractivity contribution < 1.29 is 9.47 Å². The fraction of sp³-hybridized carbons (Fsp3) is 0.267. The van der Waals surface area contributed by atoms with E-state index >= 15 is 0 Å². The van der Waals surface area contributed by atoms with Gasteiger partial charge in [0.2, 0.25) is 0 Å². The molecule has 4 nitrogen and oxygen atoms in total. The van der Waals surface area contributed by atoms with Gasteiger partial charge in [-0.15, -0.1) is 0 Å². The number of pyridine rings is 1. The van der Waals surface area contributed by atoms with Gasteiger partial charge in [-0.3, -0.25) is 4.98 Å². The molecule has 1 aromatic carbocycles. The highest BCUT2D eigenvalue weighted by atomic mass is 16.5. The molecule has 1 heterocycles. The molecule has 0 bridgehead atoms. The number of nitrogen functional groups attached to an aromatic ring is 1. The number of nitrogens with zero attached hydrogens (tertiary/aromatic N) is 1. The van der Waals surface area contributed by atoms with E-state index < -0.39 is 0 Å². The van der Waals surface area contributed by atoms with Gasteiger partial charge >= 0.3 is 0 Å². The van der Waals surface area contributed by atoms with E-state index in [1.807, 2.05) is 44.2 Å². The predicted molar refractivity (Wildman–Crippen MR) is 76.4 cm³/mol. The van der Waals surface area contributed by atoms with Crippen molar-refractivity contribution in [3.05, 3.63) is 36.5 Å². The molecule has 19 heavy (non-hydrogen) atoms. The van der Waals surface area contributed by atoms with Gasteiger partial charge in [-0.25, -0.2) is 0 Å². The summed E-state index contributed by atoms with van der Waals surface area (Å²) in [5.41, 5.74) is 8.26. The number of hydrogen-bond donors (Lipinski definition) is 1. The first-order valence-electron chi connectivity index (χ1n) is 6.36. The Bertz CT molecular complexity index is 556. The fourth-order valence-electron chi connectivity index (χ4n) is 1.86. The van der Waals surface area contributed by atoms with E-state index in [1.54, 1.807) is 6.20 Å². The molecule has 100 valence electrons. The Hall–Kier alpha value is -2.23. The van der Waals surface area contributed by atoms with Crippen LogP contribution in [-0.2, 0) is 0 Å². The molecule has 1 aromatic heterocycles. The fourth-order valence-corrected chi connectivity index (χ4v) is 1.86. The van der Waals surface area contributed by atoms with Gasteiger partial charge in [0.05, 0.1) is 24.6 Å². The molecule has 0 radical (unpaired) electrons. The first kappa shape index (κ1) is 13.2. The summed E-state index contributed by atoms with van der Waals surface area (Å²) in [6, 6.07) is 9.38. The number of benzene rings is 1. The first-order valence-corrected chi connectivity index (χ1v) is 6.36. The Labute approximate surface area is 113 Å². The van der Waals surface area contributed by atoms with E-state index in [2.05, 4.69) is 4.98 Å². The van der Waals surface area contributed by atoms with E-state index in [4.69, 9.17) is 15.2 Å². The van der Waals surface area contributed by atoms with E-state index in [1.165, 1.54) is 0 Å². The summed E-state index contributed by atoms with van der Waals surface area (Å²) in [7, 11) is 0. The Morgan fingerprint density at radius 1 is 1.05 bits per heavy atom. The molecule has 0 atom stereocenters. The molecule has 4 heteroatoms. The Balaban J connectivity index is 2.43. The summed E-state index contributed by atoms with van der Waals surface area (Å²) in [5.74, 6) is 1.45. The largest absolute Gasteiger partial charge is 0.490 e. The monoisotopic (exact) mass is 258 g/mol. The number of nitrogens with two attached hydrogens (primary N) is 1. The van der Waals surface area contributed by atoms with Crippen molar-refractivity contribution in [2.75, 3.05) is 18.9 Å². The molecule has 2 N–H and O–H groups in total. The van der Waals surface area contributed by atoms with E-state index in [-0.39, 0.29) is 0 Å². The molecule has 0 amide bonds. The van der Waals surface area contributed by atoms with Crippen molar-refractivity contribution in [1.29, 1.82) is 0 Å². The standard InChI is InChI=1S/C15H18N2O2/c1-3-18-13-8-7-11(10-14(13)19-4-2)15-12(16)6-5-9-17-15/h5-10H,3-4,16H2,1-2H3. The molecule has 0 spiro atoms. The summed E-state index contributed by atoms with van der Waals surface area (Å²) in [6.07, 6.45) is 1.72. The first-order chi connectivity index (χ1) is 9.26. The quantitative estimate of drug-likeness (QED) is 0.895. The van der Waals surface area contributed by atoms with Crippen LogP contribution in [0.2, 0.25) is 0 Å². The topological polar surface area (TPSA) is 57.4 Å². The molecule has 0 aliphatic heterocycles. The van der Waals surface area contributed by atoms with Gasteiger partial charge in [0, 0.05) is 11.8 Å². The number of aromatic nitrogens is 1. The Kier molecular flexibility index (Phi) is 4.23. The van der Waals surface area contributed by atoms with Crippen LogP contribution in [0.25, 0.3) is 11.3 Å². The van der Waals surface area contributed by atoms with Crippen molar-refractivity contribution in [1.82, 2.24) is 4.98 Å². The molecule has 0 fully saturated rings. The molecule has 2 rings (SSSR count). The maximum atomic E-state index is 5.94. The van der Waals surface area contributed by atoms with Gasteiger partial charge in [-0.05, 0) is 44.2 Å². The number of rotatable bonds is 5. The third-order valence-electron chi connectivity index (χ3n) is 2.66. The Morgan fingerprint density at radius 2 is 1.79 bits per heavy atom. The molecule has 0 unspecified atom stereocenters. The summed E-state index contributed by atoms with van der Waals surface area (Å²) >= 11 is 0. The highest BCUT2D eigenvalue weighted by Gasteiger charge is 2.09. The summed E-state index contributed by atoms with van der Waals surface area (Å²) in [6.45, 7) is 5.07. The van der Waals surface area contributed by atoms with Crippen molar-refractivity contribution in [3.63, 3.8) is 0 Å². The van der Waals surface area contributed by atoms with Crippen molar-refractivity contribution in [2.45, 2.75) is 13.8 Å². The van der Waals surface area contributed by atoms with Crippen LogP contribution in [0, 0.1) is 0 Å². The zero-order valence-corrected chi connectivity index (χ0v) is 11.2. The van der Waals surface area contributed by atoms with Crippen LogP contribution in [0.4, 0.5) is 5.69 Å². The summed E-state index contributed by atoms with van der Waals surface area (Å²) < 4.78 is 11.1. The lowest BCUT2D eigenvalue weighted by Gasteiger charge is -2.12. The van der Waals surface area contributed by atoms with Crippen LogP contribution < -0.4 is 15.2 Å². The second kappa shape index (κ2) is 6.09. The number of hydrogen-bond acceptors (Lipinski definition) is 4. The summed E-state index contributed by atoms with van der Waals surface area (Å²) in [4.78, 5) is 4.30. The van der Waals surface area contributed by atoms with Gasteiger partial charge in [0.15, 0.2) is 11.5 Å². The molecule has 0 saturated heterocycles. The minimum Gasteiger partial charge on any atom is -0.490 e. The Morgan fingerprint density at radius 3 is 2.47 bits per heavy atom. The molecule has 0 saturated carbocycles. The van der Waals surface area contributed by atoms with Gasteiger partial charge in [-0.1, -0.05) is 0 Å². The van der Waals surface area contributed by atoms with Crippen molar-refractivity contribution in [3.8, 4) is 22.8 Å². The zero-order chi connectivity index (χ0) is 13.7. The van der Waals surface area contributed by atoms with Crippen molar-refractivity contribution in [2.24, 2.45) is 0 Å². The normalized spacial score (nSPS) is 10.2. The van der Waals surface area contributed by atoms with Crippen LogP contribution in [0.1, 0.15) is 13.8 Å². The van der Waals surface area contributed by atoms with E-state index in [0.29, 0.717) is 24.7 Å². The molecule has 0 aliphatic carbocycles. The van der Waals surface area contributed by atoms with Gasteiger partial charge < -0.3 is 15.2 Å². The third kappa shape index (κ3) is 2.96. The smallest absolute Gasteiger partial charge is 0.161 e. The lowest BCUT2D eigenvalue weighted by atomic mass is 10.1. The van der Waals surface area contributed by atoms with Gasteiger partial charge in [0.1, 0.15) is 0 Å². The highest BCUT2D eigenvalue weighted by Crippen LogP contribution is 2.33. The van der Waals surface area contributed by atoms with Gasteiger partial charge in [0.25, 0.3) is 0 Å². The number of anilines is 1. The second-order valence-corrected chi connectivity index (χ2v) is 3.97. The zero-order valence-electron chi connectivity index (χ0n) is 11.2. The maximum absolute atomic E-state index is 5.94. The van der Waals surface area contributed by atoms with Crippen LogP contribution in [-0.4, -0.2) is 18.2 Å². The van der Waals surface area contributed by atoms with Crippen LogP contribution in [0.5, 0.6) is 11.5 Å². The highest BCUT2D eigenvalue weighted by molar-refractivity contribution is 5.74. The maximum Gasteiger partial charge on any atom is 0.161 e. The van der Waals surface area contributed by atoms with Crippen LogP contribution in [0.15, 0.2) is 36.5 Å². The van der Waals surface area contributed by atoms with Gasteiger partial charge in [-0.2, -0.15) is 0 Å². The number of ether oxygens (including phenoxy) is 2. The van der Waals surface area contributed by atoms with Crippen LogP contribution in [0.3, 0.4) is 0 Å². The molecular formula is C15H18N2O2. The minimum absolute atomic E-state index is 0.585. The molecule has 0 aliphatic rings. The lowest BCUT2D eigenvalue weighted by Crippen LogP contribution is -1.99. The van der Waals surface area contributed by atoms with E-state index in [9.17, 15) is 0 Å². The second-order valence-electron chi connectivity index (χ2n) is 3.97. The van der Waals surface area contributed by atoms with Crippen LogP contribution >= 0.6 is 0 Å².